The Hall–Kier alpha value is -3.22. The van der Waals surface area contributed by atoms with Gasteiger partial charge in [0.25, 0.3) is 5.91 Å². The van der Waals surface area contributed by atoms with Gasteiger partial charge in [-0.1, -0.05) is 30.4 Å². The predicted molar refractivity (Wildman–Crippen MR) is 153 cm³/mol. The normalized spacial score (nSPS) is 11.8. The Morgan fingerprint density at radius 3 is 2.31 bits per heavy atom. The fourth-order valence-corrected chi connectivity index (χ4v) is 6.44. The number of carbonyl (C=O) groups excluding carboxylic acids is 1. The minimum absolute atomic E-state index is 0.0946. The molecule has 0 atom stereocenters. The van der Waals surface area contributed by atoms with Crippen molar-refractivity contribution >= 4 is 42.6 Å². The Morgan fingerprint density at radius 1 is 0.974 bits per heavy atom. The van der Waals surface area contributed by atoms with Crippen LogP contribution in [-0.4, -0.2) is 69.1 Å². The van der Waals surface area contributed by atoms with Gasteiger partial charge < -0.3 is 9.47 Å². The number of ether oxygens (including phenoxy) is 2. The number of benzene rings is 2. The molecule has 0 unspecified atom stereocenters. The van der Waals surface area contributed by atoms with E-state index in [9.17, 15) is 13.2 Å². The summed E-state index contributed by atoms with van der Waals surface area (Å²) in [7, 11) is -0.762. The molecule has 1 amide bonds. The zero-order chi connectivity index (χ0) is 27.8. The van der Waals surface area contributed by atoms with Crippen LogP contribution in [0.1, 0.15) is 28.4 Å². The van der Waals surface area contributed by atoms with Gasteiger partial charge in [0.1, 0.15) is 0 Å². The molecule has 11 heteroatoms. The number of fused-ring (bicyclic) bond motifs is 1. The number of rotatable bonds is 13. The van der Waals surface area contributed by atoms with Gasteiger partial charge in [-0.05, 0) is 60.0 Å². The smallest absolute Gasteiger partial charge is 0.260 e. The Labute approximate surface area is 233 Å². The van der Waals surface area contributed by atoms with E-state index in [1.165, 1.54) is 47.6 Å². The lowest BCUT2D eigenvalue weighted by atomic mass is 10.2. The second-order valence-electron chi connectivity index (χ2n) is 8.82. The molecular formula is C28H32N4O5S2. The number of aromatic nitrogens is 2. The van der Waals surface area contributed by atoms with Crippen molar-refractivity contribution in [3.05, 3.63) is 83.7 Å². The first kappa shape index (κ1) is 28.8. The van der Waals surface area contributed by atoms with Crippen LogP contribution in [0.3, 0.4) is 0 Å². The molecule has 206 valence electrons. The van der Waals surface area contributed by atoms with Crippen LogP contribution >= 0.6 is 11.3 Å². The third-order valence-corrected chi connectivity index (χ3v) is 9.17. The van der Waals surface area contributed by atoms with Crippen LogP contribution in [0.4, 0.5) is 5.13 Å². The molecule has 2 aromatic heterocycles. The first-order chi connectivity index (χ1) is 18.9. The molecular weight excluding hydrogens is 536 g/mol. The highest BCUT2D eigenvalue weighted by atomic mass is 32.2. The van der Waals surface area contributed by atoms with Gasteiger partial charge in [-0.25, -0.2) is 13.4 Å². The van der Waals surface area contributed by atoms with Crippen molar-refractivity contribution in [3.8, 4) is 0 Å². The van der Waals surface area contributed by atoms with Gasteiger partial charge in [0.2, 0.25) is 10.0 Å². The summed E-state index contributed by atoms with van der Waals surface area (Å²) < 4.78 is 39.0. The summed E-state index contributed by atoms with van der Waals surface area (Å²) in [5.41, 5.74) is 3.23. The topological polar surface area (TPSA) is 102 Å². The molecule has 4 rings (SSSR count). The molecule has 0 spiro atoms. The minimum atomic E-state index is -3.80. The van der Waals surface area contributed by atoms with Crippen molar-refractivity contribution in [2.45, 2.75) is 24.8 Å². The first-order valence-corrected chi connectivity index (χ1v) is 14.8. The lowest BCUT2D eigenvalue weighted by molar-refractivity contribution is 0.0985. The molecule has 0 aliphatic carbocycles. The number of anilines is 1. The first-order valence-electron chi connectivity index (χ1n) is 12.6. The molecule has 0 N–H and O–H groups in total. The van der Waals surface area contributed by atoms with Crippen molar-refractivity contribution in [1.82, 2.24) is 14.3 Å². The highest BCUT2D eigenvalue weighted by Crippen LogP contribution is 2.32. The molecule has 0 bridgehead atoms. The molecule has 0 saturated carbocycles. The van der Waals surface area contributed by atoms with E-state index in [4.69, 9.17) is 14.5 Å². The van der Waals surface area contributed by atoms with E-state index in [1.54, 1.807) is 29.4 Å². The zero-order valence-corrected chi connectivity index (χ0v) is 23.9. The molecule has 9 nitrogen and oxygen atoms in total. The summed E-state index contributed by atoms with van der Waals surface area (Å²) in [5.74, 6) is -0.284. The number of sulfonamides is 1. The SMILES string of the molecule is CCc1ccc2nc(N(Cc3cccnc3)C(=O)c3ccc(S(=O)(=O)N(CCOC)CCOC)cc3)sc2c1. The van der Waals surface area contributed by atoms with Gasteiger partial charge in [-0.15, -0.1) is 0 Å². The Balaban J connectivity index is 1.65. The number of nitrogens with zero attached hydrogens (tertiary/aromatic N) is 4. The maximum Gasteiger partial charge on any atom is 0.260 e. The average molecular weight is 569 g/mol. The van der Waals surface area contributed by atoms with E-state index >= 15 is 0 Å². The van der Waals surface area contributed by atoms with Gasteiger partial charge in [-0.3, -0.25) is 14.7 Å². The van der Waals surface area contributed by atoms with Crippen LogP contribution in [0.15, 0.2) is 71.9 Å². The molecule has 4 aromatic rings. The summed E-state index contributed by atoms with van der Waals surface area (Å²) in [6.45, 7) is 3.27. The number of thiazole rings is 1. The number of pyridine rings is 1. The predicted octanol–water partition coefficient (Wildman–Crippen LogP) is 4.38. The Morgan fingerprint density at radius 2 is 1.69 bits per heavy atom. The maximum absolute atomic E-state index is 13.8. The van der Waals surface area contributed by atoms with Crippen molar-refractivity contribution in [1.29, 1.82) is 0 Å². The number of methoxy groups -OCH3 is 2. The number of hydrogen-bond donors (Lipinski definition) is 0. The summed E-state index contributed by atoms with van der Waals surface area (Å²) >= 11 is 1.45. The van der Waals surface area contributed by atoms with Crippen LogP contribution in [0.2, 0.25) is 0 Å². The molecule has 0 aliphatic heterocycles. The second-order valence-corrected chi connectivity index (χ2v) is 11.8. The quantitative estimate of drug-likeness (QED) is 0.236. The fourth-order valence-electron chi connectivity index (χ4n) is 4.01. The van der Waals surface area contributed by atoms with E-state index in [1.807, 2.05) is 24.3 Å². The molecule has 0 saturated heterocycles. The van der Waals surface area contributed by atoms with Gasteiger partial charge in [0.15, 0.2) is 5.13 Å². The average Bonchev–Trinajstić information content (AvgIpc) is 3.39. The van der Waals surface area contributed by atoms with Crippen molar-refractivity contribution in [2.24, 2.45) is 0 Å². The van der Waals surface area contributed by atoms with Gasteiger partial charge in [0.05, 0.1) is 34.9 Å². The van der Waals surface area contributed by atoms with Crippen LogP contribution in [0, 0.1) is 0 Å². The number of carbonyl (C=O) groups is 1. The van der Waals surface area contributed by atoms with Crippen LogP contribution < -0.4 is 4.90 Å². The molecule has 2 aromatic carbocycles. The highest BCUT2D eigenvalue weighted by Gasteiger charge is 2.26. The summed E-state index contributed by atoms with van der Waals surface area (Å²) in [6, 6.07) is 15.8. The minimum Gasteiger partial charge on any atom is -0.383 e. The van der Waals surface area contributed by atoms with Crippen LogP contribution in [0.25, 0.3) is 10.2 Å². The second kappa shape index (κ2) is 13.2. The van der Waals surface area contributed by atoms with E-state index in [2.05, 4.69) is 18.0 Å². The molecule has 2 heterocycles. The standard InChI is InChI=1S/C28H32N4O5S2/c1-4-21-7-12-25-26(18-21)38-28(30-25)32(20-22-6-5-13-29-19-22)27(33)23-8-10-24(11-9-23)39(34,35)31(14-16-36-2)15-17-37-3/h5-13,18-19H,4,14-17,20H2,1-3H3. The van der Waals surface area contributed by atoms with Gasteiger partial charge >= 0.3 is 0 Å². The van der Waals surface area contributed by atoms with Crippen molar-refractivity contribution < 1.29 is 22.7 Å². The monoisotopic (exact) mass is 568 g/mol. The van der Waals surface area contributed by atoms with Crippen LogP contribution in [-0.2, 0) is 32.5 Å². The van der Waals surface area contributed by atoms with E-state index in [-0.39, 0.29) is 43.7 Å². The van der Waals surface area contributed by atoms with E-state index < -0.39 is 10.0 Å². The lowest BCUT2D eigenvalue weighted by Crippen LogP contribution is -2.36. The highest BCUT2D eigenvalue weighted by molar-refractivity contribution is 7.89. The fraction of sp³-hybridized carbons (Fsp3) is 0.321. The van der Waals surface area contributed by atoms with Crippen molar-refractivity contribution in [2.75, 3.05) is 45.4 Å². The van der Waals surface area contributed by atoms with Crippen LogP contribution in [0.5, 0.6) is 0 Å². The summed E-state index contributed by atoms with van der Waals surface area (Å²) in [5, 5.41) is 0.564. The molecule has 0 aliphatic rings. The third-order valence-electron chi connectivity index (χ3n) is 6.22. The lowest BCUT2D eigenvalue weighted by Gasteiger charge is -2.22. The molecule has 39 heavy (non-hydrogen) atoms. The number of amides is 1. The maximum atomic E-state index is 13.8. The summed E-state index contributed by atoms with van der Waals surface area (Å²) in [4.78, 5) is 24.4. The zero-order valence-electron chi connectivity index (χ0n) is 22.2. The van der Waals surface area contributed by atoms with Gasteiger partial charge in [-0.2, -0.15) is 4.31 Å². The van der Waals surface area contributed by atoms with Gasteiger partial charge in [0, 0.05) is 45.3 Å². The molecule has 0 radical (unpaired) electrons. The van der Waals surface area contributed by atoms with Crippen molar-refractivity contribution in [3.63, 3.8) is 0 Å². The number of hydrogen-bond acceptors (Lipinski definition) is 8. The molecule has 0 fully saturated rings. The Bertz CT molecular complexity index is 1480. The number of aryl methyl sites for hydroxylation is 1. The third kappa shape index (κ3) is 6.87. The Kier molecular flexibility index (Phi) is 9.76. The van der Waals surface area contributed by atoms with E-state index in [0.29, 0.717) is 10.7 Å². The van der Waals surface area contributed by atoms with E-state index in [0.717, 1.165) is 22.2 Å². The largest absolute Gasteiger partial charge is 0.383 e. The summed E-state index contributed by atoms with van der Waals surface area (Å²) in [6.07, 6.45) is 4.31.